The number of unbranched alkanes of at least 4 members (excludes halogenated alkanes) is 39. The van der Waals surface area contributed by atoms with Crippen LogP contribution in [-0.2, 0) is 27.9 Å². The molecule has 0 aromatic heterocycles. The van der Waals surface area contributed by atoms with Gasteiger partial charge in [0, 0.05) is 12.8 Å². The smallest absolute Gasteiger partial charge is 0.456 e. The normalized spacial score (nSPS) is 13.9. The van der Waals surface area contributed by atoms with Crippen molar-refractivity contribution in [3.05, 3.63) is 36.5 Å². The van der Waals surface area contributed by atoms with Crippen LogP contribution < -0.4 is 5.32 Å². The first-order valence-corrected chi connectivity index (χ1v) is 33.8. The molecule has 0 bridgehead atoms. The summed E-state index contributed by atoms with van der Waals surface area (Å²) in [7, 11) is 1.50. The van der Waals surface area contributed by atoms with E-state index in [1.54, 1.807) is 0 Å². The van der Waals surface area contributed by atoms with Crippen molar-refractivity contribution in [3.8, 4) is 0 Å². The Morgan fingerprint density at radius 2 is 0.773 bits per heavy atom. The van der Waals surface area contributed by atoms with Crippen molar-refractivity contribution >= 4 is 19.7 Å². The number of phosphoric acid groups is 1. The van der Waals surface area contributed by atoms with Gasteiger partial charge in [0.2, 0.25) is 5.91 Å². The fourth-order valence-corrected chi connectivity index (χ4v) is 10.3. The van der Waals surface area contributed by atoms with Crippen molar-refractivity contribution in [1.29, 1.82) is 0 Å². The quantitative estimate of drug-likeness (QED) is 0.0205. The van der Waals surface area contributed by atoms with Crippen LogP contribution in [-0.4, -0.2) is 74.3 Å². The standard InChI is InChI=1S/C65H125N2O7P/c1-7-10-13-16-19-22-25-28-30-32-33-35-36-39-42-45-48-51-54-57-64(68)66-62(61-73-75(70,71)72-60-59-67(4,5)6)63(56-53-50-47-44-41-38-27-24-21-18-15-12-9-3)74-65(69)58-55-52-49-46-43-40-37-34-31-29-26-23-20-17-14-11-8-2/h28-31,53,56,62-63H,7-27,32-52,54-55,57-61H2,1-6H3,(H-,66,68,70,71)/p+1/b30-28+,31-29+,56-53+. The SMILES string of the molecule is CCCCCCCC/C=C/CCCCCCCCCCCC(=O)NC(COP(=O)(O)OCC[N+](C)(C)C)C(/C=C/CCCCCCCCCCCCC)OC(=O)CCCCCCCCC/C=C/CCCCCCCC. The Hall–Kier alpha value is -1.77. The molecule has 2 N–H and O–H groups in total. The predicted octanol–water partition coefficient (Wildman–Crippen LogP) is 19.9. The molecule has 0 radical (unpaired) electrons. The number of hydrogen-bond donors (Lipinski definition) is 2. The van der Waals surface area contributed by atoms with E-state index in [1.165, 1.54) is 225 Å². The van der Waals surface area contributed by atoms with Gasteiger partial charge < -0.3 is 19.4 Å². The van der Waals surface area contributed by atoms with Gasteiger partial charge in [0.25, 0.3) is 0 Å². The molecule has 1 amide bonds. The van der Waals surface area contributed by atoms with Crippen molar-refractivity contribution in [2.45, 2.75) is 328 Å². The minimum Gasteiger partial charge on any atom is -0.456 e. The molecule has 0 spiro atoms. The Morgan fingerprint density at radius 3 is 1.13 bits per heavy atom. The van der Waals surface area contributed by atoms with E-state index in [4.69, 9.17) is 13.8 Å². The maximum Gasteiger partial charge on any atom is 0.472 e. The molecule has 0 aliphatic heterocycles. The molecule has 0 aromatic carbocycles. The molecule has 3 unspecified atom stereocenters. The van der Waals surface area contributed by atoms with E-state index < -0.39 is 20.0 Å². The maximum atomic E-state index is 13.6. The highest BCUT2D eigenvalue weighted by Gasteiger charge is 2.30. The molecule has 10 heteroatoms. The molecule has 0 aliphatic carbocycles. The zero-order chi connectivity index (χ0) is 55.0. The van der Waals surface area contributed by atoms with Crippen LogP contribution in [0.5, 0.6) is 0 Å². The molecule has 442 valence electrons. The third kappa shape index (κ3) is 56.8. The van der Waals surface area contributed by atoms with Crippen LogP contribution in [0, 0.1) is 0 Å². The van der Waals surface area contributed by atoms with Crippen molar-refractivity contribution in [2.75, 3.05) is 40.9 Å². The van der Waals surface area contributed by atoms with Gasteiger partial charge in [-0.25, -0.2) is 4.57 Å². The van der Waals surface area contributed by atoms with E-state index in [-0.39, 0.29) is 31.5 Å². The van der Waals surface area contributed by atoms with Gasteiger partial charge in [0.05, 0.1) is 33.8 Å². The summed E-state index contributed by atoms with van der Waals surface area (Å²) in [4.78, 5) is 37.8. The molecular formula is C65H126N2O7P+. The van der Waals surface area contributed by atoms with E-state index in [0.29, 0.717) is 17.4 Å². The third-order valence-electron chi connectivity index (χ3n) is 14.6. The van der Waals surface area contributed by atoms with Crippen LogP contribution in [0.15, 0.2) is 36.5 Å². The first kappa shape index (κ1) is 73.2. The number of esters is 1. The lowest BCUT2D eigenvalue weighted by molar-refractivity contribution is -0.870. The third-order valence-corrected chi connectivity index (χ3v) is 15.5. The lowest BCUT2D eigenvalue weighted by Crippen LogP contribution is -2.47. The summed E-state index contributed by atoms with van der Waals surface area (Å²) >= 11 is 0. The summed E-state index contributed by atoms with van der Waals surface area (Å²) < 4.78 is 30.7. The summed E-state index contributed by atoms with van der Waals surface area (Å²) in [5, 5.41) is 3.06. The van der Waals surface area contributed by atoms with Crippen LogP contribution >= 0.6 is 7.82 Å². The van der Waals surface area contributed by atoms with E-state index in [0.717, 1.165) is 57.8 Å². The van der Waals surface area contributed by atoms with Crippen LogP contribution in [0.25, 0.3) is 0 Å². The number of hydrogen-bond acceptors (Lipinski definition) is 6. The fraction of sp³-hybridized carbons (Fsp3) is 0.877. The number of carbonyl (C=O) groups excluding carboxylic acids is 2. The molecule has 0 rings (SSSR count). The van der Waals surface area contributed by atoms with Gasteiger partial charge in [-0.3, -0.25) is 18.6 Å². The molecule has 75 heavy (non-hydrogen) atoms. The molecule has 0 aliphatic rings. The Bertz CT molecular complexity index is 1380. The number of quaternary nitrogens is 1. The van der Waals surface area contributed by atoms with Gasteiger partial charge in [0.1, 0.15) is 19.3 Å². The number of carbonyl (C=O) groups is 2. The number of phosphoric ester groups is 1. The van der Waals surface area contributed by atoms with Gasteiger partial charge in [-0.05, 0) is 83.1 Å². The second-order valence-corrected chi connectivity index (χ2v) is 24.7. The highest BCUT2D eigenvalue weighted by Crippen LogP contribution is 2.43. The molecule has 0 aromatic rings. The molecule has 0 heterocycles. The van der Waals surface area contributed by atoms with Gasteiger partial charge in [-0.2, -0.15) is 0 Å². The van der Waals surface area contributed by atoms with Crippen LogP contribution in [0.4, 0.5) is 0 Å². The van der Waals surface area contributed by atoms with Gasteiger partial charge in [-0.15, -0.1) is 0 Å². The van der Waals surface area contributed by atoms with Crippen LogP contribution in [0.1, 0.15) is 316 Å². The number of allylic oxidation sites excluding steroid dienone is 5. The van der Waals surface area contributed by atoms with Gasteiger partial charge in [0.15, 0.2) is 0 Å². The number of likely N-dealkylation sites (N-methyl/N-ethyl adjacent to an activating group) is 1. The molecule has 0 saturated heterocycles. The second kappa shape index (κ2) is 55.5. The van der Waals surface area contributed by atoms with Crippen LogP contribution in [0.3, 0.4) is 0 Å². The summed E-state index contributed by atoms with van der Waals surface area (Å²) in [5.74, 6) is -0.499. The number of nitrogens with one attached hydrogen (secondary N) is 1. The molecular weight excluding hydrogens is 952 g/mol. The van der Waals surface area contributed by atoms with E-state index >= 15 is 0 Å². The summed E-state index contributed by atoms with van der Waals surface area (Å²) in [6.45, 7) is 7.04. The summed E-state index contributed by atoms with van der Waals surface area (Å²) in [6, 6.07) is -0.848. The zero-order valence-corrected chi connectivity index (χ0v) is 51.5. The van der Waals surface area contributed by atoms with Crippen molar-refractivity contribution in [3.63, 3.8) is 0 Å². The number of nitrogens with zero attached hydrogens (tertiary/aromatic N) is 1. The monoisotopic (exact) mass is 1080 g/mol. The molecule has 0 saturated carbocycles. The Morgan fingerprint density at radius 1 is 0.453 bits per heavy atom. The van der Waals surface area contributed by atoms with E-state index in [2.05, 4.69) is 50.4 Å². The van der Waals surface area contributed by atoms with E-state index in [9.17, 15) is 19.0 Å². The minimum absolute atomic E-state index is 0.0410. The first-order chi connectivity index (χ1) is 36.4. The molecule has 0 fully saturated rings. The molecule has 3 atom stereocenters. The lowest BCUT2D eigenvalue weighted by Gasteiger charge is -2.27. The molecule has 9 nitrogen and oxygen atoms in total. The van der Waals surface area contributed by atoms with Gasteiger partial charge >= 0.3 is 13.8 Å². The highest BCUT2D eigenvalue weighted by molar-refractivity contribution is 7.47. The van der Waals surface area contributed by atoms with Crippen LogP contribution in [0.2, 0.25) is 0 Å². The Balaban J connectivity index is 5.24. The Labute approximate surface area is 466 Å². The maximum absolute atomic E-state index is 13.6. The average Bonchev–Trinajstić information content (AvgIpc) is 3.37. The van der Waals surface area contributed by atoms with Crippen molar-refractivity contribution in [1.82, 2.24) is 5.32 Å². The fourth-order valence-electron chi connectivity index (χ4n) is 9.52. The van der Waals surface area contributed by atoms with Crippen molar-refractivity contribution in [2.24, 2.45) is 0 Å². The van der Waals surface area contributed by atoms with Gasteiger partial charge in [-0.1, -0.05) is 257 Å². The largest absolute Gasteiger partial charge is 0.472 e. The second-order valence-electron chi connectivity index (χ2n) is 23.3. The number of ether oxygens (including phenoxy) is 1. The topological polar surface area (TPSA) is 111 Å². The van der Waals surface area contributed by atoms with E-state index in [1.807, 2.05) is 33.3 Å². The minimum atomic E-state index is -4.45. The van der Waals surface area contributed by atoms with Crippen molar-refractivity contribution < 1.29 is 37.3 Å². The Kier molecular flexibility index (Phi) is 54.2. The first-order valence-electron chi connectivity index (χ1n) is 32.3. The number of rotatable bonds is 59. The highest BCUT2D eigenvalue weighted by atomic mass is 31.2. The zero-order valence-electron chi connectivity index (χ0n) is 50.6. The number of amides is 1. The predicted molar refractivity (Wildman–Crippen MR) is 323 cm³/mol. The summed E-state index contributed by atoms with van der Waals surface area (Å²) in [6.07, 6.45) is 67.0. The lowest BCUT2D eigenvalue weighted by atomic mass is 10.0. The average molecular weight is 1080 g/mol. The summed E-state index contributed by atoms with van der Waals surface area (Å²) in [5.41, 5.74) is 0.